The Morgan fingerprint density at radius 2 is 2.54 bits per heavy atom. The molecule has 2 atom stereocenters. The van der Waals surface area contributed by atoms with Crippen molar-refractivity contribution < 1.29 is 4.74 Å². The van der Waals surface area contributed by atoms with Gasteiger partial charge in [0.2, 0.25) is 0 Å². The molecular formula is C9H18N2OS. The lowest BCUT2D eigenvalue weighted by Gasteiger charge is -2.37. The van der Waals surface area contributed by atoms with E-state index in [9.17, 15) is 0 Å². The lowest BCUT2D eigenvalue weighted by Crippen LogP contribution is -2.43. The van der Waals surface area contributed by atoms with E-state index < -0.39 is 0 Å². The second-order valence-corrected chi connectivity index (χ2v) is 5.21. The van der Waals surface area contributed by atoms with Gasteiger partial charge >= 0.3 is 0 Å². The zero-order chi connectivity index (χ0) is 9.15. The SMILES string of the molecule is NNCC1CCOC2(CCSC2)C1. The van der Waals surface area contributed by atoms with Gasteiger partial charge in [0.25, 0.3) is 0 Å². The quantitative estimate of drug-likeness (QED) is 0.512. The van der Waals surface area contributed by atoms with E-state index in [1.54, 1.807) is 0 Å². The van der Waals surface area contributed by atoms with Crippen LogP contribution in [0.5, 0.6) is 0 Å². The molecule has 2 unspecified atom stereocenters. The Bertz CT molecular complexity index is 169. The number of hydrazine groups is 1. The fourth-order valence-electron chi connectivity index (χ4n) is 2.33. The second kappa shape index (κ2) is 4.17. The minimum absolute atomic E-state index is 0.213. The number of thioether (sulfide) groups is 1. The highest BCUT2D eigenvalue weighted by Crippen LogP contribution is 2.39. The van der Waals surface area contributed by atoms with E-state index in [-0.39, 0.29) is 5.60 Å². The molecule has 2 heterocycles. The maximum Gasteiger partial charge on any atom is 0.0783 e. The lowest BCUT2D eigenvalue weighted by molar-refractivity contribution is -0.0788. The van der Waals surface area contributed by atoms with E-state index in [2.05, 4.69) is 5.43 Å². The van der Waals surface area contributed by atoms with Crippen LogP contribution in [0.1, 0.15) is 19.3 Å². The Morgan fingerprint density at radius 1 is 1.62 bits per heavy atom. The Labute approximate surface area is 83.7 Å². The molecule has 3 nitrogen and oxygen atoms in total. The molecule has 2 aliphatic heterocycles. The van der Waals surface area contributed by atoms with E-state index in [0.29, 0.717) is 0 Å². The van der Waals surface area contributed by atoms with Crippen LogP contribution >= 0.6 is 11.8 Å². The smallest absolute Gasteiger partial charge is 0.0783 e. The molecule has 1 spiro atoms. The molecular weight excluding hydrogens is 184 g/mol. The summed E-state index contributed by atoms with van der Waals surface area (Å²) < 4.78 is 5.91. The molecule has 2 rings (SSSR count). The van der Waals surface area contributed by atoms with Crippen molar-refractivity contribution in [1.82, 2.24) is 5.43 Å². The van der Waals surface area contributed by atoms with Gasteiger partial charge in [-0.2, -0.15) is 11.8 Å². The van der Waals surface area contributed by atoms with Crippen molar-refractivity contribution in [2.45, 2.75) is 24.9 Å². The minimum Gasteiger partial charge on any atom is -0.374 e. The van der Waals surface area contributed by atoms with Crippen LogP contribution in [0, 0.1) is 5.92 Å². The van der Waals surface area contributed by atoms with Gasteiger partial charge in [0.15, 0.2) is 0 Å². The Balaban J connectivity index is 1.90. The van der Waals surface area contributed by atoms with Crippen LogP contribution in [0.25, 0.3) is 0 Å². The Kier molecular flexibility index (Phi) is 3.14. The average Bonchev–Trinajstić information content (AvgIpc) is 2.54. The van der Waals surface area contributed by atoms with Crippen molar-refractivity contribution in [3.63, 3.8) is 0 Å². The molecule has 0 radical (unpaired) electrons. The van der Waals surface area contributed by atoms with E-state index in [4.69, 9.17) is 10.6 Å². The molecule has 0 aromatic heterocycles. The molecule has 0 aromatic carbocycles. The van der Waals surface area contributed by atoms with Gasteiger partial charge in [-0.1, -0.05) is 0 Å². The third kappa shape index (κ3) is 2.18. The molecule has 2 saturated heterocycles. The predicted octanol–water partition coefficient (Wildman–Crippen LogP) is 0.752. The topological polar surface area (TPSA) is 47.3 Å². The van der Waals surface area contributed by atoms with Gasteiger partial charge in [-0.15, -0.1) is 0 Å². The summed E-state index contributed by atoms with van der Waals surface area (Å²) in [4.78, 5) is 0. The largest absolute Gasteiger partial charge is 0.374 e. The summed E-state index contributed by atoms with van der Waals surface area (Å²) >= 11 is 2.02. The summed E-state index contributed by atoms with van der Waals surface area (Å²) in [6.07, 6.45) is 3.60. The maximum atomic E-state index is 5.91. The van der Waals surface area contributed by atoms with Crippen LogP contribution in [-0.2, 0) is 4.74 Å². The number of nitrogens with two attached hydrogens (primary N) is 1. The standard InChI is InChI=1S/C9H18N2OS/c10-11-6-8-1-3-12-9(5-8)2-4-13-7-9/h8,11H,1-7,10H2. The van der Waals surface area contributed by atoms with Crippen molar-refractivity contribution in [3.8, 4) is 0 Å². The third-order valence-corrected chi connectivity index (χ3v) is 4.29. The van der Waals surface area contributed by atoms with Crippen LogP contribution in [0.4, 0.5) is 0 Å². The Morgan fingerprint density at radius 3 is 3.23 bits per heavy atom. The molecule has 0 aliphatic carbocycles. The monoisotopic (exact) mass is 202 g/mol. The van der Waals surface area contributed by atoms with Gasteiger partial charge in [0.05, 0.1) is 5.60 Å². The zero-order valence-corrected chi connectivity index (χ0v) is 8.74. The van der Waals surface area contributed by atoms with Crippen LogP contribution in [0.3, 0.4) is 0 Å². The molecule has 3 N–H and O–H groups in total. The third-order valence-electron chi connectivity index (χ3n) is 3.07. The first-order valence-electron chi connectivity index (χ1n) is 5.00. The van der Waals surface area contributed by atoms with Gasteiger partial charge in [0.1, 0.15) is 0 Å². The predicted molar refractivity (Wildman–Crippen MR) is 55.5 cm³/mol. The number of hydrogen-bond donors (Lipinski definition) is 2. The Hall–Kier alpha value is 0.230. The first-order valence-corrected chi connectivity index (χ1v) is 6.15. The summed E-state index contributed by atoms with van der Waals surface area (Å²) in [5, 5.41) is 0. The number of hydrogen-bond acceptors (Lipinski definition) is 4. The highest BCUT2D eigenvalue weighted by atomic mass is 32.2. The molecule has 13 heavy (non-hydrogen) atoms. The lowest BCUT2D eigenvalue weighted by atomic mass is 9.85. The van der Waals surface area contributed by atoms with Gasteiger partial charge in [-0.3, -0.25) is 11.3 Å². The van der Waals surface area contributed by atoms with E-state index in [1.807, 2.05) is 11.8 Å². The summed E-state index contributed by atoms with van der Waals surface area (Å²) in [5.74, 6) is 8.53. The highest BCUT2D eigenvalue weighted by Gasteiger charge is 2.40. The zero-order valence-electron chi connectivity index (χ0n) is 7.92. The number of nitrogens with one attached hydrogen (secondary N) is 1. The van der Waals surface area contributed by atoms with Crippen molar-refractivity contribution in [2.24, 2.45) is 11.8 Å². The maximum absolute atomic E-state index is 5.91. The van der Waals surface area contributed by atoms with Crippen molar-refractivity contribution in [2.75, 3.05) is 24.7 Å². The van der Waals surface area contributed by atoms with Crippen molar-refractivity contribution in [1.29, 1.82) is 0 Å². The van der Waals surface area contributed by atoms with Crippen LogP contribution in [0.15, 0.2) is 0 Å². The fraction of sp³-hybridized carbons (Fsp3) is 1.00. The molecule has 4 heteroatoms. The normalized spacial score (nSPS) is 39.9. The minimum atomic E-state index is 0.213. The van der Waals surface area contributed by atoms with Crippen LogP contribution in [0.2, 0.25) is 0 Å². The van der Waals surface area contributed by atoms with E-state index >= 15 is 0 Å². The van der Waals surface area contributed by atoms with Gasteiger partial charge in [-0.05, 0) is 30.9 Å². The summed E-state index contributed by atoms with van der Waals surface area (Å²) in [5.41, 5.74) is 2.99. The van der Waals surface area contributed by atoms with E-state index in [1.165, 1.54) is 24.3 Å². The van der Waals surface area contributed by atoms with Crippen molar-refractivity contribution >= 4 is 11.8 Å². The molecule has 0 amide bonds. The molecule has 0 bridgehead atoms. The second-order valence-electron chi connectivity index (χ2n) is 4.10. The molecule has 2 aliphatic rings. The summed E-state index contributed by atoms with van der Waals surface area (Å²) in [7, 11) is 0. The molecule has 2 fully saturated rings. The molecule has 76 valence electrons. The average molecular weight is 202 g/mol. The molecule has 0 saturated carbocycles. The summed E-state index contributed by atoms with van der Waals surface area (Å²) in [6.45, 7) is 1.86. The highest BCUT2D eigenvalue weighted by molar-refractivity contribution is 7.99. The van der Waals surface area contributed by atoms with Gasteiger partial charge in [-0.25, -0.2) is 0 Å². The first kappa shape index (κ1) is 9.77. The van der Waals surface area contributed by atoms with Gasteiger partial charge < -0.3 is 4.74 Å². The van der Waals surface area contributed by atoms with Gasteiger partial charge in [0, 0.05) is 18.9 Å². The number of rotatable bonds is 2. The molecule has 0 aromatic rings. The van der Waals surface area contributed by atoms with Crippen LogP contribution in [-0.4, -0.2) is 30.3 Å². The van der Waals surface area contributed by atoms with Crippen molar-refractivity contribution in [3.05, 3.63) is 0 Å². The van der Waals surface area contributed by atoms with Crippen LogP contribution < -0.4 is 11.3 Å². The summed E-state index contributed by atoms with van der Waals surface area (Å²) in [6, 6.07) is 0. The first-order chi connectivity index (χ1) is 6.35. The van der Waals surface area contributed by atoms with E-state index in [0.717, 1.165) is 25.5 Å². The number of ether oxygens (including phenoxy) is 1. The fourth-order valence-corrected chi connectivity index (χ4v) is 3.71.